The van der Waals surface area contributed by atoms with Gasteiger partial charge in [0.05, 0.1) is 6.07 Å². The van der Waals surface area contributed by atoms with Crippen LogP contribution in [0.15, 0.2) is 48.6 Å². The van der Waals surface area contributed by atoms with Crippen LogP contribution < -0.4 is 0 Å². The summed E-state index contributed by atoms with van der Waals surface area (Å²) in [6.45, 7) is 2.29. The van der Waals surface area contributed by atoms with Crippen LogP contribution in [0, 0.1) is 29.1 Å². The molecule has 1 aromatic carbocycles. The van der Waals surface area contributed by atoms with Crippen molar-refractivity contribution in [3.05, 3.63) is 59.7 Å². The van der Waals surface area contributed by atoms with E-state index in [4.69, 9.17) is 5.26 Å². The van der Waals surface area contributed by atoms with E-state index in [-0.39, 0.29) is 0 Å². The fraction of sp³-hybridized carbons (Fsp3) is 0.656. The molecule has 0 spiro atoms. The number of benzene rings is 1. The van der Waals surface area contributed by atoms with Crippen LogP contribution in [0.25, 0.3) is 0 Å². The smallest absolute Gasteiger partial charge is 0.0912 e. The van der Waals surface area contributed by atoms with Crippen LogP contribution in [-0.2, 0) is 6.42 Å². The van der Waals surface area contributed by atoms with Crippen molar-refractivity contribution in [2.24, 2.45) is 17.8 Å². The predicted molar refractivity (Wildman–Crippen MR) is 142 cm³/mol. The third kappa shape index (κ3) is 9.16. The van der Waals surface area contributed by atoms with Gasteiger partial charge in [-0.25, -0.2) is 0 Å². The van der Waals surface area contributed by atoms with Crippen molar-refractivity contribution in [1.29, 1.82) is 5.26 Å². The lowest BCUT2D eigenvalue weighted by atomic mass is 9.68. The Labute approximate surface area is 204 Å². The molecule has 0 atom stereocenters. The zero-order valence-corrected chi connectivity index (χ0v) is 21.2. The highest BCUT2D eigenvalue weighted by atomic mass is 14.4. The standard InChI is InChI=1S/C32H47N/c1-2-3-4-6-9-12-27-14-18-29(19-15-27)31-22-24-32(25-23-31)30-20-16-28(17-21-30)13-10-7-5-8-11-26-33/h5,7-8,11,14-15,18-19,28,30-32H,2-4,6,9-10,12-13,16-17,20-25H2,1H3/b7-5+,11-8+/t28?,30?,31-,32-. The average Bonchev–Trinajstić information content (AvgIpc) is 2.87. The Bertz CT molecular complexity index is 734. The van der Waals surface area contributed by atoms with Crippen molar-refractivity contribution in [3.63, 3.8) is 0 Å². The van der Waals surface area contributed by atoms with Crippen molar-refractivity contribution in [2.75, 3.05) is 0 Å². The van der Waals surface area contributed by atoms with Crippen molar-refractivity contribution in [2.45, 2.75) is 116 Å². The summed E-state index contributed by atoms with van der Waals surface area (Å²) in [7, 11) is 0. The normalized spacial score (nSPS) is 26.1. The minimum absolute atomic E-state index is 0.804. The zero-order valence-electron chi connectivity index (χ0n) is 21.2. The molecule has 2 fully saturated rings. The van der Waals surface area contributed by atoms with Gasteiger partial charge in [-0.1, -0.05) is 87.9 Å². The molecule has 0 radical (unpaired) electrons. The van der Waals surface area contributed by atoms with Gasteiger partial charge in [0, 0.05) is 6.08 Å². The van der Waals surface area contributed by atoms with Gasteiger partial charge in [-0.05, 0) is 99.0 Å². The van der Waals surface area contributed by atoms with Crippen LogP contribution >= 0.6 is 0 Å². The highest BCUT2D eigenvalue weighted by Crippen LogP contribution is 2.44. The predicted octanol–water partition coefficient (Wildman–Crippen LogP) is 9.70. The quantitative estimate of drug-likeness (QED) is 0.178. The molecule has 33 heavy (non-hydrogen) atoms. The number of allylic oxidation sites excluding steroid dienone is 4. The first kappa shape index (κ1) is 25.8. The summed E-state index contributed by atoms with van der Waals surface area (Å²) in [4.78, 5) is 0. The molecule has 3 rings (SSSR count). The van der Waals surface area contributed by atoms with Crippen molar-refractivity contribution < 1.29 is 0 Å². The second-order valence-electron chi connectivity index (χ2n) is 10.8. The molecule has 0 bridgehead atoms. The molecule has 0 N–H and O–H groups in total. The van der Waals surface area contributed by atoms with E-state index in [9.17, 15) is 0 Å². The molecule has 1 aromatic rings. The molecule has 2 aliphatic carbocycles. The minimum atomic E-state index is 0.804. The first-order valence-corrected chi connectivity index (χ1v) is 14.1. The van der Waals surface area contributed by atoms with Crippen molar-refractivity contribution in [3.8, 4) is 6.07 Å². The van der Waals surface area contributed by atoms with E-state index in [1.165, 1.54) is 102 Å². The van der Waals surface area contributed by atoms with Gasteiger partial charge in [0.25, 0.3) is 0 Å². The average molecular weight is 446 g/mol. The maximum Gasteiger partial charge on any atom is 0.0912 e. The summed E-state index contributed by atoms with van der Waals surface area (Å²) in [6, 6.07) is 11.8. The Kier molecular flexibility index (Phi) is 11.9. The molecule has 0 unspecified atom stereocenters. The molecule has 0 aromatic heterocycles. The highest BCUT2D eigenvalue weighted by molar-refractivity contribution is 5.26. The van der Waals surface area contributed by atoms with E-state index in [1.54, 1.807) is 11.6 Å². The van der Waals surface area contributed by atoms with Gasteiger partial charge >= 0.3 is 0 Å². The van der Waals surface area contributed by atoms with Crippen LogP contribution in [0.1, 0.15) is 120 Å². The summed E-state index contributed by atoms with van der Waals surface area (Å²) >= 11 is 0. The largest absolute Gasteiger partial charge is 0.193 e. The Morgan fingerprint density at radius 3 is 2.15 bits per heavy atom. The molecule has 0 aliphatic heterocycles. The summed E-state index contributed by atoms with van der Waals surface area (Å²) in [5, 5.41) is 8.52. The molecular formula is C32H47N. The van der Waals surface area contributed by atoms with E-state index in [0.29, 0.717) is 0 Å². The first-order valence-electron chi connectivity index (χ1n) is 14.1. The van der Waals surface area contributed by atoms with Crippen LogP contribution in [-0.4, -0.2) is 0 Å². The van der Waals surface area contributed by atoms with Crippen molar-refractivity contribution in [1.82, 2.24) is 0 Å². The van der Waals surface area contributed by atoms with E-state index in [2.05, 4.69) is 37.3 Å². The van der Waals surface area contributed by atoms with Gasteiger partial charge in [0.2, 0.25) is 0 Å². The van der Waals surface area contributed by atoms with E-state index < -0.39 is 0 Å². The van der Waals surface area contributed by atoms with Gasteiger partial charge in [-0.2, -0.15) is 5.26 Å². The number of hydrogen-bond donors (Lipinski definition) is 0. The van der Waals surface area contributed by atoms with Gasteiger partial charge in [0.15, 0.2) is 0 Å². The number of aryl methyl sites for hydroxylation is 1. The van der Waals surface area contributed by atoms with E-state index >= 15 is 0 Å². The Morgan fingerprint density at radius 2 is 1.48 bits per heavy atom. The first-order chi connectivity index (χ1) is 16.3. The molecule has 0 saturated heterocycles. The minimum Gasteiger partial charge on any atom is -0.193 e. The monoisotopic (exact) mass is 445 g/mol. The number of rotatable bonds is 12. The highest BCUT2D eigenvalue weighted by Gasteiger charge is 2.31. The molecule has 1 heteroatoms. The van der Waals surface area contributed by atoms with Gasteiger partial charge < -0.3 is 0 Å². The third-order valence-corrected chi connectivity index (χ3v) is 8.51. The summed E-state index contributed by atoms with van der Waals surface area (Å²) < 4.78 is 0. The maximum absolute atomic E-state index is 8.52. The van der Waals surface area contributed by atoms with Gasteiger partial charge in [0.1, 0.15) is 0 Å². The van der Waals surface area contributed by atoms with Gasteiger partial charge in [-0.3, -0.25) is 0 Å². The lowest BCUT2D eigenvalue weighted by molar-refractivity contribution is 0.157. The summed E-state index contributed by atoms with van der Waals surface area (Å²) in [5.41, 5.74) is 3.14. The molecular weight excluding hydrogens is 398 g/mol. The lowest BCUT2D eigenvalue weighted by Gasteiger charge is -2.38. The molecule has 2 aliphatic rings. The Morgan fingerprint density at radius 1 is 0.818 bits per heavy atom. The second-order valence-corrected chi connectivity index (χ2v) is 10.8. The summed E-state index contributed by atoms with van der Waals surface area (Å²) in [6.07, 6.45) is 29.8. The number of nitriles is 1. The molecule has 0 amide bonds. The maximum atomic E-state index is 8.52. The third-order valence-electron chi connectivity index (χ3n) is 8.51. The molecule has 0 heterocycles. The number of hydrogen-bond acceptors (Lipinski definition) is 1. The molecule has 180 valence electrons. The Hall–Kier alpha value is -1.81. The van der Waals surface area contributed by atoms with Crippen molar-refractivity contribution >= 4 is 0 Å². The van der Waals surface area contributed by atoms with Gasteiger partial charge in [-0.15, -0.1) is 0 Å². The Balaban J connectivity index is 1.32. The lowest BCUT2D eigenvalue weighted by Crippen LogP contribution is -2.25. The van der Waals surface area contributed by atoms with Crippen LogP contribution in [0.4, 0.5) is 0 Å². The van der Waals surface area contributed by atoms with Crippen LogP contribution in [0.3, 0.4) is 0 Å². The van der Waals surface area contributed by atoms with E-state index in [0.717, 1.165) is 30.1 Å². The number of nitrogens with zero attached hydrogens (tertiary/aromatic N) is 1. The topological polar surface area (TPSA) is 23.8 Å². The fourth-order valence-electron chi connectivity index (χ4n) is 6.37. The van der Waals surface area contributed by atoms with E-state index in [1.807, 2.05) is 18.2 Å². The zero-order chi connectivity index (χ0) is 23.1. The molecule has 1 nitrogen and oxygen atoms in total. The van der Waals surface area contributed by atoms with Crippen LogP contribution in [0.2, 0.25) is 0 Å². The fourth-order valence-corrected chi connectivity index (χ4v) is 6.37. The number of unbranched alkanes of at least 4 members (excludes halogenated alkanes) is 4. The summed E-state index contributed by atoms with van der Waals surface area (Å²) in [5.74, 6) is 3.71. The second kappa shape index (κ2) is 15.2. The molecule has 2 saturated carbocycles. The van der Waals surface area contributed by atoms with Crippen LogP contribution in [0.5, 0.6) is 0 Å². The SMILES string of the molecule is CCCCCCCc1ccc([C@H]2CC[C@H](C3CCC(CC/C=C/C=C/C#N)CC3)CC2)cc1.